The first-order chi connectivity index (χ1) is 19.5. The molecule has 9 nitrogen and oxygen atoms in total. The van der Waals surface area contributed by atoms with Crippen molar-refractivity contribution in [2.45, 2.75) is 32.9 Å². The largest absolute Gasteiger partial charge is 0.481 e. The molecule has 0 radical (unpaired) electrons. The first-order valence-corrected chi connectivity index (χ1v) is 13.0. The number of carbonyl (C=O) groups excluding carboxylic acids is 2. The summed E-state index contributed by atoms with van der Waals surface area (Å²) < 4.78 is 14.2. The van der Waals surface area contributed by atoms with E-state index >= 15 is 0 Å². The number of amides is 1. The fourth-order valence-electron chi connectivity index (χ4n) is 4.40. The standard InChI is InChI=1S/C31H28N4O5/c1-3-39-31(38)25-20-24-27(32-26-16-10-11-18-34(26)30(24)37)35(19-17-22-12-6-4-7-13-22)28(25)33-29(36)21(2)40-23-14-8-5-9-15-23/h4-16,18,20-21H,3,17,19H2,1-2H3/t21-/m0/s1. The smallest absolute Gasteiger partial charge is 0.341 e. The molecule has 3 heterocycles. The molecule has 0 bridgehead atoms. The van der Waals surface area contributed by atoms with E-state index in [1.54, 1.807) is 67.1 Å². The third kappa shape index (κ3) is 5.54. The molecular weight excluding hydrogens is 508 g/mol. The number of hydrogen-bond acceptors (Lipinski definition) is 6. The van der Waals surface area contributed by atoms with E-state index in [2.05, 4.69) is 4.99 Å². The molecule has 2 aromatic carbocycles. The van der Waals surface area contributed by atoms with Gasteiger partial charge in [0.2, 0.25) is 0 Å². The highest BCUT2D eigenvalue weighted by atomic mass is 16.5. The van der Waals surface area contributed by atoms with Crippen molar-refractivity contribution in [2.75, 3.05) is 6.61 Å². The molecule has 0 N–H and O–H groups in total. The molecule has 1 amide bonds. The van der Waals surface area contributed by atoms with Gasteiger partial charge < -0.3 is 14.0 Å². The molecule has 0 spiro atoms. The molecule has 202 valence electrons. The van der Waals surface area contributed by atoms with Gasteiger partial charge >= 0.3 is 5.97 Å². The summed E-state index contributed by atoms with van der Waals surface area (Å²) >= 11 is 0. The normalized spacial score (nSPS) is 12.4. The predicted molar refractivity (Wildman–Crippen MR) is 150 cm³/mol. The van der Waals surface area contributed by atoms with Crippen LogP contribution in [0.25, 0.3) is 16.7 Å². The Labute approximate surface area is 230 Å². The minimum absolute atomic E-state index is 0.00236. The highest BCUT2D eigenvalue weighted by Crippen LogP contribution is 2.14. The number of pyridine rings is 2. The molecule has 9 heteroatoms. The number of nitrogens with zero attached hydrogens (tertiary/aromatic N) is 4. The summed E-state index contributed by atoms with van der Waals surface area (Å²) in [4.78, 5) is 49.2. The zero-order valence-electron chi connectivity index (χ0n) is 22.2. The van der Waals surface area contributed by atoms with Gasteiger partial charge in [0.25, 0.3) is 11.5 Å². The maximum atomic E-state index is 13.5. The van der Waals surface area contributed by atoms with Crippen LogP contribution >= 0.6 is 0 Å². The predicted octanol–water partition coefficient (Wildman–Crippen LogP) is 3.96. The second-order valence-electron chi connectivity index (χ2n) is 9.10. The van der Waals surface area contributed by atoms with Crippen LogP contribution in [0.4, 0.5) is 0 Å². The average molecular weight is 537 g/mol. The van der Waals surface area contributed by atoms with Gasteiger partial charge in [-0.3, -0.25) is 14.0 Å². The molecule has 5 aromatic rings. The molecule has 40 heavy (non-hydrogen) atoms. The van der Waals surface area contributed by atoms with Crippen molar-refractivity contribution >= 4 is 28.6 Å². The molecule has 1 atom stereocenters. The summed E-state index contributed by atoms with van der Waals surface area (Å²) in [6, 6.07) is 25.3. The third-order valence-corrected chi connectivity index (χ3v) is 6.37. The Hall–Kier alpha value is -5.05. The number of fused-ring (bicyclic) bond motifs is 2. The van der Waals surface area contributed by atoms with E-state index in [0.29, 0.717) is 30.0 Å². The van der Waals surface area contributed by atoms with E-state index in [1.165, 1.54) is 10.5 Å². The first kappa shape index (κ1) is 26.6. The van der Waals surface area contributed by atoms with Crippen molar-refractivity contribution in [1.82, 2.24) is 14.0 Å². The van der Waals surface area contributed by atoms with Gasteiger partial charge in [-0.2, -0.15) is 4.99 Å². The molecular formula is C31H28N4O5. The quantitative estimate of drug-likeness (QED) is 0.220. The zero-order valence-corrected chi connectivity index (χ0v) is 22.2. The number of ether oxygens (including phenoxy) is 2. The summed E-state index contributed by atoms with van der Waals surface area (Å²) in [6.45, 7) is 3.68. The van der Waals surface area contributed by atoms with E-state index in [1.807, 2.05) is 36.4 Å². The molecule has 0 aliphatic carbocycles. The van der Waals surface area contributed by atoms with Gasteiger partial charge in [-0.1, -0.05) is 54.6 Å². The van der Waals surface area contributed by atoms with Gasteiger partial charge in [-0.05, 0) is 56.2 Å². The van der Waals surface area contributed by atoms with E-state index < -0.39 is 18.0 Å². The minimum Gasteiger partial charge on any atom is -0.481 e. The summed E-state index contributed by atoms with van der Waals surface area (Å²) in [7, 11) is 0. The highest BCUT2D eigenvalue weighted by molar-refractivity contribution is 5.94. The molecule has 0 aliphatic heterocycles. The number of benzene rings is 2. The Morgan fingerprint density at radius 3 is 2.40 bits per heavy atom. The van der Waals surface area contributed by atoms with Crippen molar-refractivity contribution < 1.29 is 19.1 Å². The number of para-hydroxylation sites is 1. The van der Waals surface area contributed by atoms with Crippen LogP contribution in [0.3, 0.4) is 0 Å². The van der Waals surface area contributed by atoms with Crippen LogP contribution < -0.4 is 15.8 Å². The number of hydrogen-bond donors (Lipinski definition) is 0. The average Bonchev–Trinajstić information content (AvgIpc) is 2.97. The lowest BCUT2D eigenvalue weighted by atomic mass is 10.1. The Kier molecular flexibility index (Phi) is 7.82. The van der Waals surface area contributed by atoms with Crippen LogP contribution in [0, 0.1) is 0 Å². The Morgan fingerprint density at radius 1 is 0.975 bits per heavy atom. The fraction of sp³-hybridized carbons (Fsp3) is 0.194. The van der Waals surface area contributed by atoms with Crippen LogP contribution in [-0.2, 0) is 22.5 Å². The summed E-state index contributed by atoms with van der Waals surface area (Å²) in [5.74, 6) is -0.779. The maximum Gasteiger partial charge on any atom is 0.341 e. The molecule has 5 rings (SSSR count). The lowest BCUT2D eigenvalue weighted by molar-refractivity contribution is -0.124. The van der Waals surface area contributed by atoms with Crippen molar-refractivity contribution in [3.63, 3.8) is 0 Å². The number of esters is 1. The maximum absolute atomic E-state index is 13.5. The van der Waals surface area contributed by atoms with Crippen molar-refractivity contribution in [1.29, 1.82) is 0 Å². The van der Waals surface area contributed by atoms with E-state index in [-0.39, 0.29) is 28.6 Å². The fourth-order valence-corrected chi connectivity index (χ4v) is 4.40. The van der Waals surface area contributed by atoms with Gasteiger partial charge in [0.1, 0.15) is 22.6 Å². The van der Waals surface area contributed by atoms with Crippen LogP contribution in [0.15, 0.2) is 101 Å². The monoisotopic (exact) mass is 536 g/mol. The number of rotatable bonds is 8. The highest BCUT2D eigenvalue weighted by Gasteiger charge is 2.22. The van der Waals surface area contributed by atoms with Gasteiger partial charge in [0, 0.05) is 12.7 Å². The third-order valence-electron chi connectivity index (χ3n) is 6.37. The van der Waals surface area contributed by atoms with E-state index in [9.17, 15) is 14.4 Å². The molecule has 0 saturated carbocycles. The van der Waals surface area contributed by atoms with Crippen LogP contribution in [0.1, 0.15) is 29.8 Å². The van der Waals surface area contributed by atoms with E-state index in [4.69, 9.17) is 14.5 Å². The van der Waals surface area contributed by atoms with Crippen LogP contribution in [0.5, 0.6) is 5.75 Å². The topological polar surface area (TPSA) is 104 Å². The Bertz CT molecular complexity index is 1810. The van der Waals surface area contributed by atoms with Crippen molar-refractivity contribution in [3.05, 3.63) is 118 Å². The zero-order chi connectivity index (χ0) is 28.1. The van der Waals surface area contributed by atoms with Crippen LogP contribution in [-0.4, -0.2) is 38.5 Å². The first-order valence-electron chi connectivity index (χ1n) is 13.0. The second-order valence-corrected chi connectivity index (χ2v) is 9.10. The number of carbonyl (C=O) groups is 2. The van der Waals surface area contributed by atoms with Gasteiger partial charge in [0.15, 0.2) is 11.6 Å². The lowest BCUT2D eigenvalue weighted by Crippen LogP contribution is -2.35. The second kappa shape index (κ2) is 11.8. The Balaban J connectivity index is 1.74. The van der Waals surface area contributed by atoms with Crippen molar-refractivity contribution in [2.24, 2.45) is 4.99 Å². The number of aryl methyl sites for hydroxylation is 2. The van der Waals surface area contributed by atoms with Crippen molar-refractivity contribution in [3.8, 4) is 5.75 Å². The molecule has 0 unspecified atom stereocenters. The Morgan fingerprint density at radius 2 is 1.68 bits per heavy atom. The minimum atomic E-state index is -0.939. The molecule has 3 aromatic heterocycles. The SMILES string of the molecule is CCOC(=O)c1cc2c(=O)n3ccccc3nc2n(CCc2ccccc2)c1=NC(=O)[C@H](C)Oc1ccccc1. The van der Waals surface area contributed by atoms with Gasteiger partial charge in [0.05, 0.1) is 12.0 Å². The van der Waals surface area contributed by atoms with Gasteiger partial charge in [-0.25, -0.2) is 9.78 Å². The van der Waals surface area contributed by atoms with Gasteiger partial charge in [-0.15, -0.1) is 0 Å². The summed E-state index contributed by atoms with van der Waals surface area (Å²) in [6.07, 6.45) is 1.22. The molecule has 0 aliphatic rings. The molecule has 0 saturated heterocycles. The van der Waals surface area contributed by atoms with E-state index in [0.717, 1.165) is 5.56 Å². The summed E-state index contributed by atoms with van der Waals surface area (Å²) in [5, 5.41) is 0.208. The van der Waals surface area contributed by atoms with Crippen LogP contribution in [0.2, 0.25) is 0 Å². The lowest BCUT2D eigenvalue weighted by Gasteiger charge is -2.16. The molecule has 0 fully saturated rings. The number of aromatic nitrogens is 3. The summed E-state index contributed by atoms with van der Waals surface area (Å²) in [5.41, 5.74) is 1.47.